The molecule has 0 unspecified atom stereocenters. The van der Waals surface area contributed by atoms with E-state index in [0.717, 1.165) is 32.6 Å². The van der Waals surface area contributed by atoms with Gasteiger partial charge in [-0.3, -0.25) is 9.58 Å². The summed E-state index contributed by atoms with van der Waals surface area (Å²) in [6.07, 6.45) is 5.17. The van der Waals surface area contributed by atoms with Crippen molar-refractivity contribution >= 4 is 0 Å². The predicted molar refractivity (Wildman–Crippen MR) is 80.2 cm³/mol. The van der Waals surface area contributed by atoms with Gasteiger partial charge in [-0.1, -0.05) is 18.2 Å². The molecule has 2 aromatic rings. The molecule has 4 nitrogen and oxygen atoms in total. The zero-order valence-corrected chi connectivity index (χ0v) is 12.3. The Balaban J connectivity index is 1.71. The molecule has 0 amide bonds. The van der Waals surface area contributed by atoms with Gasteiger partial charge in [0.25, 0.3) is 0 Å². The van der Waals surface area contributed by atoms with Crippen molar-refractivity contribution in [2.45, 2.75) is 26.1 Å². The first kappa shape index (κ1) is 13.3. The number of rotatable bonds is 4. The molecule has 0 radical (unpaired) electrons. The molecule has 1 N–H and O–H groups in total. The van der Waals surface area contributed by atoms with Gasteiger partial charge in [0.2, 0.25) is 0 Å². The lowest BCUT2D eigenvalue weighted by atomic mass is 9.95. The molecular weight excluding hydrogens is 248 g/mol. The largest absolute Gasteiger partial charge is 0.312 e. The molecule has 4 heteroatoms. The fraction of sp³-hybridized carbons (Fsp3) is 0.438. The molecule has 0 spiro atoms. The van der Waals surface area contributed by atoms with Crippen molar-refractivity contribution in [1.29, 1.82) is 0 Å². The van der Waals surface area contributed by atoms with Crippen LogP contribution in [-0.4, -0.2) is 28.3 Å². The van der Waals surface area contributed by atoms with E-state index in [9.17, 15) is 0 Å². The molecule has 0 aliphatic carbocycles. The Kier molecular flexibility index (Phi) is 3.85. The number of fused-ring (bicyclic) bond motifs is 1. The number of aromatic nitrogens is 2. The van der Waals surface area contributed by atoms with Gasteiger partial charge in [-0.05, 0) is 36.7 Å². The molecule has 1 aromatic heterocycles. The molecule has 3 rings (SSSR count). The van der Waals surface area contributed by atoms with Crippen LogP contribution in [0.4, 0.5) is 0 Å². The highest BCUT2D eigenvalue weighted by Gasteiger charge is 2.13. The predicted octanol–water partition coefficient (Wildman–Crippen LogP) is 1.70. The van der Waals surface area contributed by atoms with Crippen LogP contribution >= 0.6 is 0 Å². The van der Waals surface area contributed by atoms with E-state index in [1.54, 1.807) is 5.56 Å². The number of nitrogens with one attached hydrogen (secondary N) is 1. The summed E-state index contributed by atoms with van der Waals surface area (Å²) < 4.78 is 1.86. The standard InChI is InChI=1S/C16H22N4/c1-19(10-13-8-18-20(2)11-13)12-15-5-3-4-14-9-17-7-6-16(14)15/h3-5,8,11,17H,6-7,9-10,12H2,1-2H3. The SMILES string of the molecule is CN(Cc1cnn(C)c1)Cc1cccc2c1CCNC2. The molecule has 20 heavy (non-hydrogen) atoms. The number of nitrogens with zero attached hydrogens (tertiary/aromatic N) is 3. The molecule has 0 saturated carbocycles. The van der Waals surface area contributed by atoms with Crippen molar-refractivity contribution in [2.75, 3.05) is 13.6 Å². The highest BCUT2D eigenvalue weighted by Crippen LogP contribution is 2.20. The lowest BCUT2D eigenvalue weighted by Crippen LogP contribution is -2.26. The number of benzene rings is 1. The second-order valence-corrected chi connectivity index (χ2v) is 5.68. The first-order valence-electron chi connectivity index (χ1n) is 7.19. The Morgan fingerprint density at radius 3 is 3.05 bits per heavy atom. The average Bonchev–Trinajstić information content (AvgIpc) is 2.84. The van der Waals surface area contributed by atoms with E-state index in [1.807, 2.05) is 17.9 Å². The highest BCUT2D eigenvalue weighted by atomic mass is 15.2. The van der Waals surface area contributed by atoms with E-state index >= 15 is 0 Å². The van der Waals surface area contributed by atoms with Crippen molar-refractivity contribution in [3.63, 3.8) is 0 Å². The third-order valence-corrected chi connectivity index (χ3v) is 3.89. The lowest BCUT2D eigenvalue weighted by molar-refractivity contribution is 0.317. The first-order valence-corrected chi connectivity index (χ1v) is 7.19. The zero-order chi connectivity index (χ0) is 13.9. The average molecular weight is 270 g/mol. The fourth-order valence-corrected chi connectivity index (χ4v) is 2.97. The summed E-state index contributed by atoms with van der Waals surface area (Å²) >= 11 is 0. The van der Waals surface area contributed by atoms with Crippen molar-refractivity contribution in [3.05, 3.63) is 52.8 Å². The normalized spacial score (nSPS) is 14.6. The van der Waals surface area contributed by atoms with Crippen LogP contribution in [0.25, 0.3) is 0 Å². The number of hydrogen-bond acceptors (Lipinski definition) is 3. The van der Waals surface area contributed by atoms with Crippen molar-refractivity contribution < 1.29 is 0 Å². The van der Waals surface area contributed by atoms with E-state index in [2.05, 4.69) is 46.8 Å². The third kappa shape index (κ3) is 2.92. The van der Waals surface area contributed by atoms with Gasteiger partial charge in [0.05, 0.1) is 6.20 Å². The molecular formula is C16H22N4. The topological polar surface area (TPSA) is 33.1 Å². The molecule has 2 heterocycles. The van der Waals surface area contributed by atoms with Crippen LogP contribution in [0.3, 0.4) is 0 Å². The Labute approximate surface area is 120 Å². The summed E-state index contributed by atoms with van der Waals surface area (Å²) in [5.41, 5.74) is 5.74. The van der Waals surface area contributed by atoms with Gasteiger partial charge < -0.3 is 5.32 Å². The van der Waals surface area contributed by atoms with Crippen LogP contribution in [0, 0.1) is 0 Å². The number of aryl methyl sites for hydroxylation is 1. The molecule has 1 aromatic carbocycles. The van der Waals surface area contributed by atoms with E-state index in [-0.39, 0.29) is 0 Å². The summed E-state index contributed by atoms with van der Waals surface area (Å²) in [4.78, 5) is 2.36. The van der Waals surface area contributed by atoms with Crippen LogP contribution in [0.15, 0.2) is 30.6 Å². The minimum absolute atomic E-state index is 0.940. The van der Waals surface area contributed by atoms with Crippen LogP contribution in [0.1, 0.15) is 22.3 Å². The van der Waals surface area contributed by atoms with Crippen molar-refractivity contribution in [1.82, 2.24) is 20.0 Å². The zero-order valence-electron chi connectivity index (χ0n) is 12.3. The molecule has 106 valence electrons. The van der Waals surface area contributed by atoms with Crippen LogP contribution < -0.4 is 5.32 Å². The molecule has 1 aliphatic rings. The van der Waals surface area contributed by atoms with E-state index in [4.69, 9.17) is 0 Å². The van der Waals surface area contributed by atoms with Gasteiger partial charge in [0.15, 0.2) is 0 Å². The summed E-state index contributed by atoms with van der Waals surface area (Å²) in [5, 5.41) is 7.67. The van der Waals surface area contributed by atoms with E-state index < -0.39 is 0 Å². The van der Waals surface area contributed by atoms with Gasteiger partial charge in [-0.25, -0.2) is 0 Å². The smallest absolute Gasteiger partial charge is 0.0534 e. The summed E-state index contributed by atoms with van der Waals surface area (Å²) in [6.45, 7) is 4.04. The Hall–Kier alpha value is -1.65. The Morgan fingerprint density at radius 1 is 1.35 bits per heavy atom. The molecule has 0 fully saturated rings. The molecule has 0 atom stereocenters. The van der Waals surface area contributed by atoms with Gasteiger partial charge in [-0.15, -0.1) is 0 Å². The lowest BCUT2D eigenvalue weighted by Gasteiger charge is -2.23. The maximum Gasteiger partial charge on any atom is 0.0534 e. The maximum atomic E-state index is 4.23. The minimum atomic E-state index is 0.940. The monoisotopic (exact) mass is 270 g/mol. The second kappa shape index (κ2) is 5.77. The molecule has 0 saturated heterocycles. The minimum Gasteiger partial charge on any atom is -0.312 e. The van der Waals surface area contributed by atoms with E-state index in [1.165, 1.54) is 16.7 Å². The Bertz CT molecular complexity index is 588. The quantitative estimate of drug-likeness (QED) is 0.918. The van der Waals surface area contributed by atoms with Crippen LogP contribution in [0.2, 0.25) is 0 Å². The summed E-state index contributed by atoms with van der Waals surface area (Å²) in [6, 6.07) is 6.69. The molecule has 1 aliphatic heterocycles. The summed E-state index contributed by atoms with van der Waals surface area (Å²) in [5.74, 6) is 0. The molecule has 0 bridgehead atoms. The second-order valence-electron chi connectivity index (χ2n) is 5.68. The third-order valence-electron chi connectivity index (χ3n) is 3.89. The first-order chi connectivity index (χ1) is 9.72. The Morgan fingerprint density at radius 2 is 2.25 bits per heavy atom. The van der Waals surface area contributed by atoms with Crippen LogP contribution in [0.5, 0.6) is 0 Å². The van der Waals surface area contributed by atoms with E-state index in [0.29, 0.717) is 0 Å². The highest BCUT2D eigenvalue weighted by molar-refractivity contribution is 5.37. The summed E-state index contributed by atoms with van der Waals surface area (Å²) in [7, 11) is 4.14. The number of hydrogen-bond donors (Lipinski definition) is 1. The fourth-order valence-electron chi connectivity index (χ4n) is 2.97. The van der Waals surface area contributed by atoms with Crippen LogP contribution in [-0.2, 0) is 33.1 Å². The van der Waals surface area contributed by atoms with Gasteiger partial charge in [0.1, 0.15) is 0 Å². The maximum absolute atomic E-state index is 4.23. The van der Waals surface area contributed by atoms with Crippen molar-refractivity contribution in [3.8, 4) is 0 Å². The van der Waals surface area contributed by atoms with Crippen molar-refractivity contribution in [2.24, 2.45) is 7.05 Å². The van der Waals surface area contributed by atoms with Gasteiger partial charge >= 0.3 is 0 Å². The van der Waals surface area contributed by atoms with Gasteiger partial charge in [-0.2, -0.15) is 5.10 Å². The van der Waals surface area contributed by atoms with Gasteiger partial charge in [0, 0.05) is 38.4 Å².